The first-order valence-corrected chi connectivity index (χ1v) is 5.70. The number of amides is 1. The van der Waals surface area contributed by atoms with Crippen molar-refractivity contribution >= 4 is 21.8 Å². The molecule has 0 radical (unpaired) electrons. The van der Waals surface area contributed by atoms with Crippen LogP contribution in [0.2, 0.25) is 0 Å². The normalized spacial score (nSPS) is 12.1. The van der Waals surface area contributed by atoms with Crippen LogP contribution in [0.1, 0.15) is 12.5 Å². The fraction of sp³-hybridized carbons (Fsp3) is 0.364. The Balaban J connectivity index is 2.60. The molecule has 0 aliphatic rings. The van der Waals surface area contributed by atoms with E-state index in [1.54, 1.807) is 0 Å². The number of nitrogens with two attached hydrogens (primary N) is 1. The number of hydrogen-bond donors (Lipinski definition) is 1. The molecule has 82 valence electrons. The lowest BCUT2D eigenvalue weighted by molar-refractivity contribution is -0.117. The zero-order valence-electron chi connectivity index (χ0n) is 8.57. The van der Waals surface area contributed by atoms with Crippen LogP contribution in [0, 0.1) is 0 Å². The Morgan fingerprint density at radius 1 is 1.47 bits per heavy atom. The van der Waals surface area contributed by atoms with E-state index in [9.17, 15) is 4.79 Å². The molecule has 0 heterocycles. The Morgan fingerprint density at radius 3 is 2.53 bits per heavy atom. The lowest BCUT2D eigenvalue weighted by Crippen LogP contribution is -2.24. The number of halogens is 1. The molecule has 0 aliphatic carbocycles. The first-order valence-electron chi connectivity index (χ1n) is 4.78. The van der Waals surface area contributed by atoms with E-state index in [0.29, 0.717) is 13.0 Å². The van der Waals surface area contributed by atoms with E-state index >= 15 is 0 Å². The average molecular weight is 272 g/mol. The Bertz CT molecular complexity index is 324. The summed E-state index contributed by atoms with van der Waals surface area (Å²) >= 11 is 3.22. The van der Waals surface area contributed by atoms with Crippen LogP contribution in [-0.2, 0) is 11.2 Å². The molecule has 0 aliphatic heterocycles. The number of primary amides is 1. The Hall–Kier alpha value is -1.03. The zero-order chi connectivity index (χ0) is 11.3. The van der Waals surface area contributed by atoms with Crippen molar-refractivity contribution in [1.82, 2.24) is 0 Å². The molecule has 3 nitrogen and oxygen atoms in total. The maximum absolute atomic E-state index is 10.8. The zero-order valence-corrected chi connectivity index (χ0v) is 10.2. The third-order valence-corrected chi connectivity index (χ3v) is 2.73. The van der Waals surface area contributed by atoms with Gasteiger partial charge in [0, 0.05) is 0 Å². The minimum atomic E-state index is -0.344. The summed E-state index contributed by atoms with van der Waals surface area (Å²) in [5, 5.41) is 0. The predicted octanol–water partition coefficient (Wildman–Crippen LogP) is 1.88. The number of rotatable bonds is 5. The lowest BCUT2D eigenvalue weighted by atomic mass is 10.1. The molecular weight excluding hydrogens is 258 g/mol. The summed E-state index contributed by atoms with van der Waals surface area (Å²) in [6.07, 6.45) is 0.599. The van der Waals surface area contributed by atoms with Gasteiger partial charge >= 0.3 is 0 Å². The van der Waals surface area contributed by atoms with Crippen molar-refractivity contribution in [1.29, 1.82) is 0 Å². The highest BCUT2D eigenvalue weighted by atomic mass is 79.9. The van der Waals surface area contributed by atoms with Crippen LogP contribution in [-0.4, -0.2) is 17.3 Å². The third kappa shape index (κ3) is 3.91. The molecular formula is C11H14BrNO2. The maximum atomic E-state index is 10.8. The van der Waals surface area contributed by atoms with Gasteiger partial charge in [-0.15, -0.1) is 0 Å². The quantitative estimate of drug-likeness (QED) is 0.832. The molecule has 0 spiro atoms. The van der Waals surface area contributed by atoms with Crippen molar-refractivity contribution < 1.29 is 9.53 Å². The van der Waals surface area contributed by atoms with Crippen LogP contribution in [0.4, 0.5) is 0 Å². The van der Waals surface area contributed by atoms with Crippen molar-refractivity contribution in [3.05, 3.63) is 29.8 Å². The second-order valence-electron chi connectivity index (χ2n) is 3.15. The van der Waals surface area contributed by atoms with E-state index in [1.165, 1.54) is 0 Å². The monoisotopic (exact) mass is 271 g/mol. The van der Waals surface area contributed by atoms with Crippen LogP contribution >= 0.6 is 15.9 Å². The highest BCUT2D eigenvalue weighted by Crippen LogP contribution is 2.15. The standard InChI is InChI=1S/C11H14BrNO2/c1-2-15-9-5-3-8(4-6-9)7-10(12)11(13)14/h3-6,10H,2,7H2,1H3,(H2,13,14). The average Bonchev–Trinajstić information content (AvgIpc) is 2.21. The number of benzene rings is 1. The summed E-state index contributed by atoms with van der Waals surface area (Å²) in [5.41, 5.74) is 6.21. The van der Waals surface area contributed by atoms with Gasteiger partial charge in [-0.05, 0) is 31.0 Å². The highest BCUT2D eigenvalue weighted by molar-refractivity contribution is 9.10. The predicted molar refractivity (Wildman–Crippen MR) is 63.2 cm³/mol. The topological polar surface area (TPSA) is 52.3 Å². The molecule has 1 rings (SSSR count). The van der Waals surface area contributed by atoms with Gasteiger partial charge in [-0.3, -0.25) is 4.79 Å². The number of hydrogen-bond acceptors (Lipinski definition) is 2. The minimum Gasteiger partial charge on any atom is -0.494 e. The molecule has 0 bridgehead atoms. The number of carbonyl (C=O) groups is 1. The summed E-state index contributed by atoms with van der Waals surface area (Å²) in [7, 11) is 0. The van der Waals surface area contributed by atoms with Gasteiger partial charge in [-0.2, -0.15) is 0 Å². The Morgan fingerprint density at radius 2 is 2.07 bits per heavy atom. The third-order valence-electron chi connectivity index (χ3n) is 1.96. The van der Waals surface area contributed by atoms with Gasteiger partial charge < -0.3 is 10.5 Å². The second-order valence-corrected chi connectivity index (χ2v) is 4.26. The first kappa shape index (κ1) is 12.0. The number of ether oxygens (including phenoxy) is 1. The van der Waals surface area contributed by atoms with Crippen LogP contribution < -0.4 is 10.5 Å². The minimum absolute atomic E-state index is 0.310. The summed E-state index contributed by atoms with van der Waals surface area (Å²) < 4.78 is 5.31. The molecule has 0 fully saturated rings. The molecule has 0 aromatic heterocycles. The van der Waals surface area contributed by atoms with E-state index in [4.69, 9.17) is 10.5 Å². The van der Waals surface area contributed by atoms with E-state index in [-0.39, 0.29) is 10.7 Å². The van der Waals surface area contributed by atoms with Gasteiger partial charge in [0.25, 0.3) is 0 Å². The molecule has 0 saturated carbocycles. The Kier molecular flexibility index (Phi) is 4.62. The largest absolute Gasteiger partial charge is 0.494 e. The van der Waals surface area contributed by atoms with E-state index in [2.05, 4.69) is 15.9 Å². The summed E-state index contributed by atoms with van der Waals surface area (Å²) in [6.45, 7) is 2.59. The number of carbonyl (C=O) groups excluding carboxylic acids is 1. The van der Waals surface area contributed by atoms with Gasteiger partial charge in [0.15, 0.2) is 0 Å². The smallest absolute Gasteiger partial charge is 0.231 e. The Labute approximate surface area is 97.7 Å². The molecule has 1 aromatic carbocycles. The fourth-order valence-corrected chi connectivity index (χ4v) is 1.57. The van der Waals surface area contributed by atoms with E-state index in [0.717, 1.165) is 11.3 Å². The molecule has 2 N–H and O–H groups in total. The van der Waals surface area contributed by atoms with Gasteiger partial charge in [-0.1, -0.05) is 28.1 Å². The summed E-state index contributed by atoms with van der Waals surface area (Å²) in [6, 6.07) is 7.64. The van der Waals surface area contributed by atoms with Crippen LogP contribution in [0.5, 0.6) is 5.75 Å². The van der Waals surface area contributed by atoms with Crippen LogP contribution in [0.15, 0.2) is 24.3 Å². The molecule has 1 unspecified atom stereocenters. The number of alkyl halides is 1. The highest BCUT2D eigenvalue weighted by Gasteiger charge is 2.11. The summed E-state index contributed by atoms with van der Waals surface area (Å²) in [5.74, 6) is 0.496. The van der Waals surface area contributed by atoms with Crippen molar-refractivity contribution in [3.63, 3.8) is 0 Å². The van der Waals surface area contributed by atoms with Gasteiger partial charge in [-0.25, -0.2) is 0 Å². The molecule has 4 heteroatoms. The lowest BCUT2D eigenvalue weighted by Gasteiger charge is -2.07. The molecule has 0 saturated heterocycles. The van der Waals surface area contributed by atoms with Gasteiger partial charge in [0.05, 0.1) is 11.4 Å². The van der Waals surface area contributed by atoms with Crippen molar-refractivity contribution in [2.24, 2.45) is 5.73 Å². The van der Waals surface area contributed by atoms with Gasteiger partial charge in [0.2, 0.25) is 5.91 Å². The fourth-order valence-electron chi connectivity index (χ4n) is 1.20. The van der Waals surface area contributed by atoms with Crippen LogP contribution in [0.25, 0.3) is 0 Å². The van der Waals surface area contributed by atoms with Crippen molar-refractivity contribution in [3.8, 4) is 5.75 Å². The molecule has 1 aromatic rings. The van der Waals surface area contributed by atoms with E-state index < -0.39 is 0 Å². The van der Waals surface area contributed by atoms with Crippen molar-refractivity contribution in [2.45, 2.75) is 18.2 Å². The SMILES string of the molecule is CCOc1ccc(CC(Br)C(N)=O)cc1. The van der Waals surface area contributed by atoms with Gasteiger partial charge in [0.1, 0.15) is 5.75 Å². The molecule has 1 amide bonds. The van der Waals surface area contributed by atoms with Crippen molar-refractivity contribution in [2.75, 3.05) is 6.61 Å². The maximum Gasteiger partial charge on any atom is 0.231 e. The molecule has 1 atom stereocenters. The second kappa shape index (κ2) is 5.75. The van der Waals surface area contributed by atoms with E-state index in [1.807, 2.05) is 31.2 Å². The summed E-state index contributed by atoms with van der Waals surface area (Å²) in [4.78, 5) is 10.5. The van der Waals surface area contributed by atoms with Crippen LogP contribution in [0.3, 0.4) is 0 Å². The first-order chi connectivity index (χ1) is 7.13. The molecule has 15 heavy (non-hydrogen) atoms.